The van der Waals surface area contributed by atoms with Crippen molar-refractivity contribution in [2.75, 3.05) is 19.6 Å². The van der Waals surface area contributed by atoms with Crippen molar-refractivity contribution in [2.45, 2.75) is 18.9 Å². The van der Waals surface area contributed by atoms with Crippen molar-refractivity contribution in [2.24, 2.45) is 17.8 Å². The van der Waals surface area contributed by atoms with Gasteiger partial charge in [-0.2, -0.15) is 0 Å². The summed E-state index contributed by atoms with van der Waals surface area (Å²) in [6.45, 7) is 3.77. The highest BCUT2D eigenvalue weighted by Crippen LogP contribution is 2.45. The lowest BCUT2D eigenvalue weighted by Crippen LogP contribution is -2.61. The molecule has 0 aromatic carbocycles. The third kappa shape index (κ3) is 2.62. The first-order valence-corrected chi connectivity index (χ1v) is 8.47. The lowest BCUT2D eigenvalue weighted by Gasteiger charge is -2.55. The average molecular weight is 425 g/mol. The van der Waals surface area contributed by atoms with E-state index < -0.39 is 0 Å². The number of aromatic nitrogens is 1. The predicted molar refractivity (Wildman–Crippen MR) is 87.4 cm³/mol. The van der Waals surface area contributed by atoms with Gasteiger partial charge in [-0.25, -0.2) is 4.98 Å². The van der Waals surface area contributed by atoms with Crippen LogP contribution in [0.2, 0.25) is 0 Å². The Morgan fingerprint density at radius 3 is 2.45 bits per heavy atom. The Morgan fingerprint density at radius 2 is 1.85 bits per heavy atom. The van der Waals surface area contributed by atoms with E-state index in [1.54, 1.807) is 0 Å². The van der Waals surface area contributed by atoms with Crippen LogP contribution in [0.15, 0.2) is 21.3 Å². The van der Waals surface area contributed by atoms with Gasteiger partial charge in [-0.05, 0) is 56.7 Å². The fraction of sp³-hybridized carbons (Fsp3) is 0.643. The second-order valence-electron chi connectivity index (χ2n) is 6.10. The van der Waals surface area contributed by atoms with Gasteiger partial charge in [0.25, 0.3) is 0 Å². The average Bonchev–Trinajstić information content (AvgIpc) is 2.37. The van der Waals surface area contributed by atoms with Gasteiger partial charge in [0.2, 0.25) is 0 Å². The summed E-state index contributed by atoms with van der Waals surface area (Å²) < 4.78 is 8.07. The lowest BCUT2D eigenvalue weighted by molar-refractivity contribution is -0.0985. The van der Waals surface area contributed by atoms with E-state index in [2.05, 4.69) is 41.7 Å². The SMILES string of the molecule is Brc1cc(OC2[C@H]3CC4C[C@H]2CN(C4)C3)cnc1Br.Cl. The summed E-state index contributed by atoms with van der Waals surface area (Å²) in [5.74, 6) is 3.25. The molecule has 0 amide bonds. The molecule has 1 aliphatic carbocycles. The van der Waals surface area contributed by atoms with E-state index in [1.165, 1.54) is 32.5 Å². The van der Waals surface area contributed by atoms with Crippen molar-refractivity contribution in [3.63, 3.8) is 0 Å². The minimum Gasteiger partial charge on any atom is -0.488 e. The molecule has 110 valence electrons. The predicted octanol–water partition coefficient (Wildman–Crippen LogP) is 3.75. The molecule has 0 radical (unpaired) electrons. The van der Waals surface area contributed by atoms with Crippen LogP contribution in [-0.4, -0.2) is 35.6 Å². The number of pyridine rings is 1. The summed E-state index contributed by atoms with van der Waals surface area (Å²) in [5, 5.41) is 0. The quantitative estimate of drug-likeness (QED) is 0.677. The molecule has 4 aliphatic rings. The summed E-state index contributed by atoms with van der Waals surface area (Å²) in [7, 11) is 0. The van der Waals surface area contributed by atoms with E-state index in [4.69, 9.17) is 4.74 Å². The minimum atomic E-state index is 0. The molecule has 5 rings (SSSR count). The Balaban J connectivity index is 0.00000121. The minimum absolute atomic E-state index is 0. The zero-order valence-electron chi connectivity index (χ0n) is 11.0. The molecule has 2 atom stereocenters. The summed E-state index contributed by atoms with van der Waals surface area (Å²) in [4.78, 5) is 6.92. The first kappa shape index (κ1) is 15.1. The number of hydrogen-bond acceptors (Lipinski definition) is 3. The molecule has 4 fully saturated rings. The van der Waals surface area contributed by atoms with Crippen LogP contribution < -0.4 is 4.74 Å². The van der Waals surface area contributed by atoms with Crippen LogP contribution >= 0.6 is 44.3 Å². The molecule has 0 N–H and O–H groups in total. The first-order valence-electron chi connectivity index (χ1n) is 6.89. The molecule has 1 aromatic heterocycles. The van der Waals surface area contributed by atoms with Gasteiger partial charge in [0, 0.05) is 31.5 Å². The van der Waals surface area contributed by atoms with E-state index in [9.17, 15) is 0 Å². The highest BCUT2D eigenvalue weighted by atomic mass is 79.9. The highest BCUT2D eigenvalue weighted by Gasteiger charge is 2.48. The third-order valence-corrected chi connectivity index (χ3v) is 6.52. The second-order valence-corrected chi connectivity index (χ2v) is 7.71. The van der Waals surface area contributed by atoms with Crippen LogP contribution in [0, 0.1) is 17.8 Å². The van der Waals surface area contributed by atoms with E-state index in [0.717, 1.165) is 20.7 Å². The van der Waals surface area contributed by atoms with Gasteiger partial charge in [0.15, 0.2) is 0 Å². The van der Waals surface area contributed by atoms with Crippen LogP contribution in [0.25, 0.3) is 0 Å². The Labute approximate surface area is 142 Å². The van der Waals surface area contributed by atoms with Crippen molar-refractivity contribution in [1.29, 1.82) is 0 Å². The topological polar surface area (TPSA) is 25.4 Å². The van der Waals surface area contributed by atoms with Crippen LogP contribution in [0.5, 0.6) is 5.75 Å². The maximum Gasteiger partial charge on any atom is 0.139 e. The molecule has 4 heterocycles. The Hall–Kier alpha value is 0.160. The zero-order valence-corrected chi connectivity index (χ0v) is 15.0. The summed E-state index contributed by atoms with van der Waals surface area (Å²) in [5.41, 5.74) is 0. The van der Waals surface area contributed by atoms with Crippen molar-refractivity contribution in [1.82, 2.24) is 9.88 Å². The van der Waals surface area contributed by atoms with E-state index >= 15 is 0 Å². The van der Waals surface area contributed by atoms with E-state index in [-0.39, 0.29) is 12.4 Å². The first-order chi connectivity index (χ1) is 9.19. The van der Waals surface area contributed by atoms with Crippen LogP contribution in [0.4, 0.5) is 0 Å². The molecule has 3 aliphatic heterocycles. The standard InChI is InChI=1S/C14H16Br2N2O.ClH/c15-12-3-11(4-17-14(12)16)19-13-9-1-8-2-10(13)7-18(5-8)6-9;/h3-4,8-10,13H,1-2,5-7H2;1H/t8?,9-,10-,13?;/m0./s1. The smallest absolute Gasteiger partial charge is 0.139 e. The normalized spacial score (nSPS) is 37.6. The molecule has 1 aromatic rings. The lowest BCUT2D eigenvalue weighted by atomic mass is 9.66. The molecule has 0 unspecified atom stereocenters. The van der Waals surface area contributed by atoms with Crippen molar-refractivity contribution >= 4 is 44.3 Å². The van der Waals surface area contributed by atoms with Gasteiger partial charge in [-0.15, -0.1) is 12.4 Å². The van der Waals surface area contributed by atoms with Crippen molar-refractivity contribution < 1.29 is 4.74 Å². The monoisotopic (exact) mass is 422 g/mol. The Kier molecular flexibility index (Phi) is 4.33. The molecule has 1 saturated carbocycles. The molecule has 0 spiro atoms. The van der Waals surface area contributed by atoms with Gasteiger partial charge in [0.1, 0.15) is 16.5 Å². The second kappa shape index (κ2) is 5.75. The number of halogens is 3. The Bertz CT molecular complexity index is 486. The van der Waals surface area contributed by atoms with Crippen LogP contribution in [0.1, 0.15) is 12.8 Å². The largest absolute Gasteiger partial charge is 0.488 e. The van der Waals surface area contributed by atoms with Crippen molar-refractivity contribution in [3.8, 4) is 5.75 Å². The number of nitrogens with zero attached hydrogens (tertiary/aromatic N) is 2. The molecular weight excluding hydrogens is 407 g/mol. The molecule has 4 bridgehead atoms. The van der Waals surface area contributed by atoms with Crippen LogP contribution in [-0.2, 0) is 0 Å². The maximum absolute atomic E-state index is 6.29. The third-order valence-electron chi connectivity index (χ3n) is 4.75. The Morgan fingerprint density at radius 1 is 1.15 bits per heavy atom. The van der Waals surface area contributed by atoms with Crippen molar-refractivity contribution in [3.05, 3.63) is 21.3 Å². The number of piperidine rings is 3. The highest BCUT2D eigenvalue weighted by molar-refractivity contribution is 9.13. The molecule has 3 saturated heterocycles. The molecule has 3 nitrogen and oxygen atoms in total. The number of hydrogen-bond donors (Lipinski definition) is 0. The maximum atomic E-state index is 6.29. The van der Waals surface area contributed by atoms with Gasteiger partial charge in [0.05, 0.1) is 10.7 Å². The van der Waals surface area contributed by atoms with Gasteiger partial charge < -0.3 is 9.64 Å². The summed E-state index contributed by atoms with van der Waals surface area (Å²) >= 11 is 6.89. The van der Waals surface area contributed by atoms with Gasteiger partial charge in [-0.1, -0.05) is 0 Å². The summed E-state index contributed by atoms with van der Waals surface area (Å²) in [6.07, 6.45) is 4.91. The molecular formula is C14H17Br2ClN2O. The fourth-order valence-electron chi connectivity index (χ4n) is 4.18. The molecule has 6 heteroatoms. The zero-order chi connectivity index (χ0) is 13.0. The number of rotatable bonds is 2. The van der Waals surface area contributed by atoms with E-state index in [0.29, 0.717) is 17.9 Å². The number of ether oxygens (including phenoxy) is 1. The van der Waals surface area contributed by atoms with Crippen LogP contribution in [0.3, 0.4) is 0 Å². The van der Waals surface area contributed by atoms with Gasteiger partial charge in [-0.3, -0.25) is 0 Å². The molecule has 20 heavy (non-hydrogen) atoms. The van der Waals surface area contributed by atoms with E-state index in [1.807, 2.05) is 12.3 Å². The fourth-order valence-corrected chi connectivity index (χ4v) is 4.73. The summed E-state index contributed by atoms with van der Waals surface area (Å²) in [6, 6.07) is 2.02. The van der Waals surface area contributed by atoms with Gasteiger partial charge >= 0.3 is 0 Å².